The van der Waals surface area contributed by atoms with Gasteiger partial charge in [0.25, 0.3) is 5.91 Å². The fourth-order valence-corrected chi connectivity index (χ4v) is 2.71. The number of amides is 1. The molecule has 3 rings (SSSR count). The molecule has 2 aromatic carbocycles. The molecular weight excluding hydrogens is 338 g/mol. The highest BCUT2D eigenvalue weighted by Gasteiger charge is 2.09. The Balaban J connectivity index is 1.65. The third-order valence-corrected chi connectivity index (χ3v) is 4.33. The molecule has 23 heavy (non-hydrogen) atoms. The van der Waals surface area contributed by atoms with E-state index in [4.69, 9.17) is 23.2 Å². The lowest BCUT2D eigenvalue weighted by Crippen LogP contribution is -2.25. The van der Waals surface area contributed by atoms with Crippen LogP contribution in [-0.4, -0.2) is 17.4 Å². The lowest BCUT2D eigenvalue weighted by Gasteiger charge is -2.06. The second-order valence-corrected chi connectivity index (χ2v) is 5.95. The summed E-state index contributed by atoms with van der Waals surface area (Å²) in [6, 6.07) is 9.32. The van der Waals surface area contributed by atoms with E-state index in [0.717, 1.165) is 16.5 Å². The summed E-state index contributed by atoms with van der Waals surface area (Å²) >= 11 is 11.7. The van der Waals surface area contributed by atoms with Crippen LogP contribution < -0.4 is 5.32 Å². The molecule has 1 amide bonds. The van der Waals surface area contributed by atoms with E-state index in [1.807, 2.05) is 6.20 Å². The topological polar surface area (TPSA) is 44.9 Å². The summed E-state index contributed by atoms with van der Waals surface area (Å²) in [5.74, 6) is -0.507. The number of H-pyrrole nitrogens is 1. The number of rotatable bonds is 4. The smallest absolute Gasteiger partial charge is 0.251 e. The van der Waals surface area contributed by atoms with E-state index in [2.05, 4.69) is 10.3 Å². The van der Waals surface area contributed by atoms with Gasteiger partial charge in [-0.25, -0.2) is 4.39 Å². The SMILES string of the molecule is O=C(NCCc1c[nH]c2ccc(F)cc12)c1ccc(Cl)c(Cl)c1. The van der Waals surface area contributed by atoms with Gasteiger partial charge in [-0.05, 0) is 48.4 Å². The highest BCUT2D eigenvalue weighted by atomic mass is 35.5. The number of benzene rings is 2. The molecule has 0 saturated heterocycles. The Kier molecular flexibility index (Phi) is 4.55. The van der Waals surface area contributed by atoms with E-state index in [0.29, 0.717) is 28.6 Å². The number of hydrogen-bond acceptors (Lipinski definition) is 1. The molecule has 1 heterocycles. The zero-order valence-electron chi connectivity index (χ0n) is 12.0. The molecule has 0 saturated carbocycles. The van der Waals surface area contributed by atoms with Gasteiger partial charge in [-0.15, -0.1) is 0 Å². The molecule has 0 bridgehead atoms. The van der Waals surface area contributed by atoms with E-state index >= 15 is 0 Å². The Morgan fingerprint density at radius 2 is 1.96 bits per heavy atom. The fraction of sp³-hybridized carbons (Fsp3) is 0.118. The largest absolute Gasteiger partial charge is 0.361 e. The maximum absolute atomic E-state index is 13.3. The predicted octanol–water partition coefficient (Wildman–Crippen LogP) is 4.59. The molecule has 0 radical (unpaired) electrons. The zero-order valence-corrected chi connectivity index (χ0v) is 13.5. The Morgan fingerprint density at radius 3 is 2.74 bits per heavy atom. The third-order valence-electron chi connectivity index (χ3n) is 3.59. The van der Waals surface area contributed by atoms with Crippen LogP contribution in [0.2, 0.25) is 10.0 Å². The van der Waals surface area contributed by atoms with Crippen LogP contribution in [0.3, 0.4) is 0 Å². The van der Waals surface area contributed by atoms with Crippen LogP contribution in [-0.2, 0) is 6.42 Å². The van der Waals surface area contributed by atoms with Crippen LogP contribution in [0.5, 0.6) is 0 Å². The van der Waals surface area contributed by atoms with Crippen molar-refractivity contribution in [3.63, 3.8) is 0 Å². The van der Waals surface area contributed by atoms with Gasteiger partial charge in [0.15, 0.2) is 0 Å². The lowest BCUT2D eigenvalue weighted by molar-refractivity contribution is 0.0954. The third kappa shape index (κ3) is 3.49. The summed E-state index contributed by atoms with van der Waals surface area (Å²) in [6.07, 6.45) is 2.42. The first-order valence-electron chi connectivity index (χ1n) is 7.03. The van der Waals surface area contributed by atoms with Gasteiger partial charge < -0.3 is 10.3 Å². The minimum absolute atomic E-state index is 0.227. The molecule has 0 fully saturated rings. The maximum atomic E-state index is 13.3. The van der Waals surface area contributed by atoms with Gasteiger partial charge in [0.1, 0.15) is 5.82 Å². The molecule has 118 valence electrons. The Morgan fingerprint density at radius 1 is 1.13 bits per heavy atom. The van der Waals surface area contributed by atoms with Crippen molar-refractivity contribution in [2.75, 3.05) is 6.54 Å². The molecule has 0 aliphatic carbocycles. The zero-order chi connectivity index (χ0) is 16.4. The predicted molar refractivity (Wildman–Crippen MR) is 90.8 cm³/mol. The van der Waals surface area contributed by atoms with Gasteiger partial charge in [-0.2, -0.15) is 0 Å². The van der Waals surface area contributed by atoms with Crippen LogP contribution >= 0.6 is 23.2 Å². The van der Waals surface area contributed by atoms with Crippen LogP contribution in [0.1, 0.15) is 15.9 Å². The lowest BCUT2D eigenvalue weighted by atomic mass is 10.1. The number of carbonyl (C=O) groups is 1. The van der Waals surface area contributed by atoms with E-state index in [-0.39, 0.29) is 11.7 Å². The molecule has 0 spiro atoms. The number of aromatic nitrogens is 1. The normalized spacial score (nSPS) is 10.9. The molecule has 3 nitrogen and oxygen atoms in total. The van der Waals surface area contributed by atoms with Crippen molar-refractivity contribution >= 4 is 40.0 Å². The van der Waals surface area contributed by atoms with E-state index in [1.54, 1.807) is 18.2 Å². The Bertz CT molecular complexity index is 876. The fourth-order valence-electron chi connectivity index (χ4n) is 2.41. The summed E-state index contributed by atoms with van der Waals surface area (Å²) in [5.41, 5.74) is 2.27. The van der Waals surface area contributed by atoms with E-state index in [1.165, 1.54) is 18.2 Å². The molecule has 3 aromatic rings. The molecule has 1 aromatic heterocycles. The molecule has 6 heteroatoms. The quantitative estimate of drug-likeness (QED) is 0.710. The maximum Gasteiger partial charge on any atom is 0.251 e. The monoisotopic (exact) mass is 350 g/mol. The minimum Gasteiger partial charge on any atom is -0.361 e. The van der Waals surface area contributed by atoms with Gasteiger partial charge >= 0.3 is 0 Å². The minimum atomic E-state index is -0.279. The van der Waals surface area contributed by atoms with Crippen LogP contribution in [0, 0.1) is 5.82 Å². The first kappa shape index (κ1) is 15.8. The Hall–Kier alpha value is -2.04. The first-order valence-corrected chi connectivity index (χ1v) is 7.79. The van der Waals surface area contributed by atoms with Gasteiger partial charge in [0.05, 0.1) is 10.0 Å². The van der Waals surface area contributed by atoms with Crippen molar-refractivity contribution in [2.24, 2.45) is 0 Å². The van der Waals surface area contributed by atoms with Crippen molar-refractivity contribution in [1.29, 1.82) is 0 Å². The highest BCUT2D eigenvalue weighted by Crippen LogP contribution is 2.22. The second kappa shape index (κ2) is 6.60. The second-order valence-electron chi connectivity index (χ2n) is 5.14. The summed E-state index contributed by atoms with van der Waals surface area (Å²) in [7, 11) is 0. The number of nitrogens with one attached hydrogen (secondary N) is 2. The summed E-state index contributed by atoms with van der Waals surface area (Å²) < 4.78 is 13.3. The number of hydrogen-bond donors (Lipinski definition) is 2. The first-order chi connectivity index (χ1) is 11.0. The highest BCUT2D eigenvalue weighted by molar-refractivity contribution is 6.42. The molecular formula is C17H13Cl2FN2O. The van der Waals surface area contributed by atoms with Gasteiger partial charge in [-0.3, -0.25) is 4.79 Å². The Labute approximate surface area is 142 Å². The van der Waals surface area contributed by atoms with Gasteiger partial charge in [0.2, 0.25) is 0 Å². The van der Waals surface area contributed by atoms with Crippen LogP contribution in [0.4, 0.5) is 4.39 Å². The number of fused-ring (bicyclic) bond motifs is 1. The number of halogens is 3. The van der Waals surface area contributed by atoms with E-state index < -0.39 is 0 Å². The average Bonchev–Trinajstić information content (AvgIpc) is 2.92. The van der Waals surface area contributed by atoms with Gasteiger partial charge in [0, 0.05) is 29.2 Å². The standard InChI is InChI=1S/C17H13Cl2FN2O/c18-14-3-1-10(7-15(14)19)17(23)21-6-5-11-9-22-16-4-2-12(20)8-13(11)16/h1-4,7-9,22H,5-6H2,(H,21,23). The molecule has 0 aliphatic rings. The number of carbonyl (C=O) groups excluding carboxylic acids is 1. The molecule has 0 atom stereocenters. The van der Waals surface area contributed by atoms with Crippen molar-refractivity contribution in [1.82, 2.24) is 10.3 Å². The van der Waals surface area contributed by atoms with Crippen molar-refractivity contribution in [3.8, 4) is 0 Å². The van der Waals surface area contributed by atoms with Crippen LogP contribution in [0.15, 0.2) is 42.6 Å². The van der Waals surface area contributed by atoms with E-state index in [9.17, 15) is 9.18 Å². The van der Waals surface area contributed by atoms with Crippen LogP contribution in [0.25, 0.3) is 10.9 Å². The average molecular weight is 351 g/mol. The summed E-state index contributed by atoms with van der Waals surface area (Å²) in [5, 5.41) is 4.39. The van der Waals surface area contributed by atoms with Crippen molar-refractivity contribution < 1.29 is 9.18 Å². The summed E-state index contributed by atoms with van der Waals surface area (Å²) in [4.78, 5) is 15.2. The number of aromatic amines is 1. The molecule has 2 N–H and O–H groups in total. The van der Waals surface area contributed by atoms with Crippen molar-refractivity contribution in [3.05, 3.63) is 69.6 Å². The van der Waals surface area contributed by atoms with Gasteiger partial charge in [-0.1, -0.05) is 23.2 Å². The van der Waals surface area contributed by atoms with Crippen molar-refractivity contribution in [2.45, 2.75) is 6.42 Å². The molecule has 0 aliphatic heterocycles. The molecule has 0 unspecified atom stereocenters. The summed E-state index contributed by atoms with van der Waals surface area (Å²) in [6.45, 7) is 0.433.